The number of esters is 1. The number of hydrogen-bond donors (Lipinski definition) is 0. The number of aromatic nitrogens is 2. The average molecular weight is 338 g/mol. The molecule has 2 aromatic rings. The van der Waals surface area contributed by atoms with Crippen LogP contribution in [0, 0.1) is 0 Å². The van der Waals surface area contributed by atoms with Crippen molar-refractivity contribution in [1.82, 2.24) is 14.5 Å². The van der Waals surface area contributed by atoms with Crippen molar-refractivity contribution < 1.29 is 14.3 Å². The van der Waals surface area contributed by atoms with Crippen molar-refractivity contribution in [2.45, 2.75) is 19.8 Å². The van der Waals surface area contributed by atoms with E-state index < -0.39 is 0 Å². The van der Waals surface area contributed by atoms with E-state index in [0.29, 0.717) is 42.4 Å². The zero-order chi connectivity index (χ0) is 17.0. The van der Waals surface area contributed by atoms with Gasteiger partial charge in [0.25, 0.3) is 5.91 Å². The molecule has 0 saturated heterocycles. The van der Waals surface area contributed by atoms with Gasteiger partial charge in [0.05, 0.1) is 17.6 Å². The molecule has 0 N–H and O–H groups in total. The van der Waals surface area contributed by atoms with Gasteiger partial charge < -0.3 is 14.2 Å². The largest absolute Gasteiger partial charge is 0.466 e. The van der Waals surface area contributed by atoms with Gasteiger partial charge in [0.15, 0.2) is 0 Å². The molecular weight excluding hydrogens is 318 g/mol. The molecule has 0 aliphatic carbocycles. The minimum absolute atomic E-state index is 0.113. The third-order valence-corrected chi connectivity index (χ3v) is 3.94. The molecule has 124 valence electrons. The highest BCUT2D eigenvalue weighted by Crippen LogP contribution is 2.20. The highest BCUT2D eigenvalue weighted by atomic mass is 35.5. The number of fused-ring (bicyclic) bond motifs is 1. The van der Waals surface area contributed by atoms with Crippen LogP contribution in [0.5, 0.6) is 0 Å². The molecule has 0 radical (unpaired) electrons. The lowest BCUT2D eigenvalue weighted by Gasteiger charge is -2.17. The highest BCUT2D eigenvalue weighted by molar-refractivity contribution is 6.29. The quantitative estimate of drug-likeness (QED) is 0.760. The number of benzene rings is 1. The Hall–Kier alpha value is -2.08. The lowest BCUT2D eigenvalue weighted by atomic mass is 10.1. The van der Waals surface area contributed by atoms with Crippen LogP contribution in [0.2, 0.25) is 5.28 Å². The maximum atomic E-state index is 12.4. The summed E-state index contributed by atoms with van der Waals surface area (Å²) in [6, 6.07) is 5.31. The first-order chi connectivity index (χ1) is 10.9. The maximum absolute atomic E-state index is 12.4. The summed E-state index contributed by atoms with van der Waals surface area (Å²) in [6.45, 7) is 2.63. The first kappa shape index (κ1) is 17.3. The van der Waals surface area contributed by atoms with Gasteiger partial charge in [0, 0.05) is 32.6 Å². The molecule has 0 aliphatic heterocycles. The summed E-state index contributed by atoms with van der Waals surface area (Å²) in [5, 5.41) is 0.382. The Labute approximate surface area is 140 Å². The summed E-state index contributed by atoms with van der Waals surface area (Å²) in [5.74, 6) is -0.351. The molecule has 6 nitrogen and oxygen atoms in total. The number of amides is 1. The van der Waals surface area contributed by atoms with E-state index in [1.807, 2.05) is 13.1 Å². The fourth-order valence-electron chi connectivity index (χ4n) is 2.32. The summed E-state index contributed by atoms with van der Waals surface area (Å²) < 4.78 is 6.62. The fraction of sp³-hybridized carbons (Fsp3) is 0.438. The third-order valence-electron chi connectivity index (χ3n) is 3.60. The van der Waals surface area contributed by atoms with E-state index in [-0.39, 0.29) is 11.9 Å². The molecule has 1 heterocycles. The summed E-state index contributed by atoms with van der Waals surface area (Å²) in [6.07, 6.45) is 0.874. The third kappa shape index (κ3) is 4.01. The summed E-state index contributed by atoms with van der Waals surface area (Å²) in [5.41, 5.74) is 2.10. The number of carbonyl (C=O) groups is 2. The van der Waals surface area contributed by atoms with Crippen molar-refractivity contribution in [3.63, 3.8) is 0 Å². The van der Waals surface area contributed by atoms with Gasteiger partial charge in [0.2, 0.25) is 5.28 Å². The molecule has 23 heavy (non-hydrogen) atoms. The highest BCUT2D eigenvalue weighted by Gasteiger charge is 2.14. The molecule has 0 atom stereocenters. The Morgan fingerprint density at radius 3 is 2.83 bits per heavy atom. The molecule has 1 aromatic carbocycles. The molecule has 0 aliphatic rings. The zero-order valence-corrected chi connectivity index (χ0v) is 14.3. The van der Waals surface area contributed by atoms with E-state index in [9.17, 15) is 9.59 Å². The van der Waals surface area contributed by atoms with Crippen LogP contribution in [0.3, 0.4) is 0 Å². The summed E-state index contributed by atoms with van der Waals surface area (Å²) in [4.78, 5) is 29.5. The van der Waals surface area contributed by atoms with Crippen LogP contribution in [-0.2, 0) is 16.6 Å². The van der Waals surface area contributed by atoms with E-state index in [2.05, 4.69) is 4.98 Å². The molecule has 0 saturated carbocycles. The fourth-order valence-corrected chi connectivity index (χ4v) is 2.50. The second kappa shape index (κ2) is 7.46. The molecule has 0 bridgehead atoms. The number of carbonyl (C=O) groups excluding carboxylic acids is 2. The van der Waals surface area contributed by atoms with Crippen molar-refractivity contribution in [2.24, 2.45) is 7.05 Å². The zero-order valence-electron chi connectivity index (χ0n) is 13.5. The van der Waals surface area contributed by atoms with Crippen LogP contribution in [-0.4, -0.2) is 46.5 Å². The number of ether oxygens (including phenoxy) is 1. The van der Waals surface area contributed by atoms with Gasteiger partial charge in [-0.1, -0.05) is 0 Å². The van der Waals surface area contributed by atoms with E-state index in [4.69, 9.17) is 16.3 Å². The first-order valence-corrected chi connectivity index (χ1v) is 7.85. The minimum atomic E-state index is -0.238. The normalized spacial score (nSPS) is 10.8. The van der Waals surface area contributed by atoms with Gasteiger partial charge in [-0.15, -0.1) is 0 Å². The Morgan fingerprint density at radius 2 is 2.13 bits per heavy atom. The first-order valence-electron chi connectivity index (χ1n) is 7.47. The van der Waals surface area contributed by atoms with Crippen LogP contribution < -0.4 is 0 Å². The lowest BCUT2D eigenvalue weighted by Crippen LogP contribution is -2.28. The van der Waals surface area contributed by atoms with Crippen molar-refractivity contribution in [3.05, 3.63) is 29.0 Å². The number of imidazole rings is 1. The summed E-state index contributed by atoms with van der Waals surface area (Å²) >= 11 is 5.98. The standard InChI is InChI=1S/C16H20ClN3O3/c1-4-23-14(21)6-5-9-19(2)15(22)11-7-8-13-12(10-11)18-16(17)20(13)3/h7-8,10H,4-6,9H2,1-3H3. The minimum Gasteiger partial charge on any atom is -0.466 e. The Morgan fingerprint density at radius 1 is 1.39 bits per heavy atom. The molecule has 1 aromatic heterocycles. The predicted octanol–water partition coefficient (Wildman–Crippen LogP) is 2.64. The van der Waals surface area contributed by atoms with Gasteiger partial charge in [-0.2, -0.15) is 0 Å². The molecular formula is C16H20ClN3O3. The van der Waals surface area contributed by atoms with E-state index in [0.717, 1.165) is 5.52 Å². The topological polar surface area (TPSA) is 64.4 Å². The van der Waals surface area contributed by atoms with Gasteiger partial charge in [-0.25, -0.2) is 4.98 Å². The van der Waals surface area contributed by atoms with Crippen molar-refractivity contribution in [1.29, 1.82) is 0 Å². The van der Waals surface area contributed by atoms with Crippen LogP contribution in [0.1, 0.15) is 30.1 Å². The smallest absolute Gasteiger partial charge is 0.305 e. The maximum Gasteiger partial charge on any atom is 0.305 e. The second-order valence-electron chi connectivity index (χ2n) is 5.28. The second-order valence-corrected chi connectivity index (χ2v) is 5.62. The van der Waals surface area contributed by atoms with Gasteiger partial charge in [-0.05, 0) is 43.1 Å². The van der Waals surface area contributed by atoms with E-state index in [1.165, 1.54) is 0 Å². The van der Waals surface area contributed by atoms with Crippen LogP contribution in [0.15, 0.2) is 18.2 Å². The van der Waals surface area contributed by atoms with Gasteiger partial charge in [-0.3, -0.25) is 9.59 Å². The number of hydrogen-bond acceptors (Lipinski definition) is 4. The SMILES string of the molecule is CCOC(=O)CCCN(C)C(=O)c1ccc2c(c1)nc(Cl)n2C. The molecule has 0 spiro atoms. The van der Waals surface area contributed by atoms with Crippen molar-refractivity contribution >= 4 is 34.5 Å². The lowest BCUT2D eigenvalue weighted by molar-refractivity contribution is -0.143. The van der Waals surface area contributed by atoms with E-state index in [1.54, 1.807) is 35.6 Å². The number of nitrogens with zero attached hydrogens (tertiary/aromatic N) is 3. The number of rotatable bonds is 6. The van der Waals surface area contributed by atoms with Crippen molar-refractivity contribution in [3.8, 4) is 0 Å². The molecule has 1 amide bonds. The van der Waals surface area contributed by atoms with Crippen LogP contribution in [0.4, 0.5) is 0 Å². The predicted molar refractivity (Wildman–Crippen MR) is 88.6 cm³/mol. The molecule has 2 rings (SSSR count). The Bertz CT molecular complexity index is 727. The molecule has 0 fully saturated rings. The summed E-state index contributed by atoms with van der Waals surface area (Å²) in [7, 11) is 3.53. The Kier molecular flexibility index (Phi) is 5.60. The average Bonchev–Trinajstić information content (AvgIpc) is 2.81. The molecule has 0 unspecified atom stereocenters. The van der Waals surface area contributed by atoms with E-state index >= 15 is 0 Å². The van der Waals surface area contributed by atoms with Gasteiger partial charge in [0.1, 0.15) is 0 Å². The Balaban J connectivity index is 2.00. The van der Waals surface area contributed by atoms with Gasteiger partial charge >= 0.3 is 5.97 Å². The monoisotopic (exact) mass is 337 g/mol. The van der Waals surface area contributed by atoms with Crippen LogP contribution >= 0.6 is 11.6 Å². The number of halogens is 1. The number of aryl methyl sites for hydroxylation is 1. The van der Waals surface area contributed by atoms with Crippen LogP contribution in [0.25, 0.3) is 11.0 Å². The van der Waals surface area contributed by atoms with Crippen molar-refractivity contribution in [2.75, 3.05) is 20.2 Å². The molecule has 7 heteroatoms.